The molecule has 4 nitrogen and oxygen atoms in total. The molecule has 2 heterocycles. The Hall–Kier alpha value is -1.21. The molecule has 2 aromatic rings. The van der Waals surface area contributed by atoms with E-state index >= 15 is 0 Å². The average molecular weight is 300 g/mol. The molecular formula is C12H13FN2O2S2. The lowest BCUT2D eigenvalue weighted by Crippen LogP contribution is -2.31. The Morgan fingerprint density at radius 2 is 2.21 bits per heavy atom. The van der Waals surface area contributed by atoms with E-state index in [2.05, 4.69) is 4.98 Å². The highest BCUT2D eigenvalue weighted by Crippen LogP contribution is 2.34. The molecule has 0 amide bonds. The maximum absolute atomic E-state index is 13.7. The molecule has 1 aromatic heterocycles. The normalized spacial score (nSPS) is 26.0. The molecule has 1 saturated heterocycles. The van der Waals surface area contributed by atoms with E-state index in [1.165, 1.54) is 6.07 Å². The molecule has 0 spiro atoms. The summed E-state index contributed by atoms with van der Waals surface area (Å²) in [6.07, 6.45) is 0.493. The summed E-state index contributed by atoms with van der Waals surface area (Å²) in [7, 11) is -3.05. The maximum atomic E-state index is 13.7. The number of halogens is 1. The summed E-state index contributed by atoms with van der Waals surface area (Å²) < 4.78 is 39.3. The van der Waals surface area contributed by atoms with E-state index < -0.39 is 15.4 Å². The molecule has 0 saturated carbocycles. The first kappa shape index (κ1) is 12.8. The Morgan fingerprint density at radius 3 is 2.84 bits per heavy atom. The predicted molar refractivity (Wildman–Crippen MR) is 74.0 cm³/mol. The van der Waals surface area contributed by atoms with Crippen LogP contribution in [0.4, 0.5) is 4.39 Å². The minimum atomic E-state index is -3.05. The summed E-state index contributed by atoms with van der Waals surface area (Å²) >= 11 is 5.24. The van der Waals surface area contributed by atoms with Crippen molar-refractivity contribution in [2.45, 2.75) is 18.9 Å². The second-order valence-electron chi connectivity index (χ2n) is 5.24. The van der Waals surface area contributed by atoms with Gasteiger partial charge < -0.3 is 9.55 Å². The molecule has 3 rings (SSSR count). The average Bonchev–Trinajstić information content (AvgIpc) is 2.77. The number of nitrogens with zero attached hydrogens (tertiary/aromatic N) is 1. The van der Waals surface area contributed by atoms with Crippen LogP contribution in [0.2, 0.25) is 0 Å². The number of aromatic amines is 1. The number of H-pyrrole nitrogens is 1. The van der Waals surface area contributed by atoms with Gasteiger partial charge in [0.15, 0.2) is 14.6 Å². The lowest BCUT2D eigenvalue weighted by atomic mass is 10.0. The highest BCUT2D eigenvalue weighted by atomic mass is 32.2. The number of benzene rings is 1. The van der Waals surface area contributed by atoms with Gasteiger partial charge in [0.1, 0.15) is 11.3 Å². The second-order valence-corrected chi connectivity index (χ2v) is 7.81. The molecule has 1 unspecified atom stereocenters. The zero-order chi connectivity index (χ0) is 13.8. The SMILES string of the molecule is CC1(n2c(=S)[nH]c3c(F)cccc32)CCS(=O)(=O)C1. The maximum Gasteiger partial charge on any atom is 0.178 e. The number of para-hydroxylation sites is 1. The van der Waals surface area contributed by atoms with Crippen LogP contribution in [0, 0.1) is 10.6 Å². The molecule has 0 radical (unpaired) electrons. The summed E-state index contributed by atoms with van der Waals surface area (Å²) in [5.74, 6) is -0.197. The summed E-state index contributed by atoms with van der Waals surface area (Å²) in [5, 5.41) is 0. The monoisotopic (exact) mass is 300 g/mol. The molecule has 1 fully saturated rings. The number of rotatable bonds is 1. The fraction of sp³-hybridized carbons (Fsp3) is 0.417. The standard InChI is InChI=1S/C12H13FN2O2S2/c1-12(5-6-19(16,17)7-12)15-9-4-2-3-8(13)10(9)14-11(15)18/h2-4H,5-7H2,1H3,(H,14,18). The first-order chi connectivity index (χ1) is 8.82. The van der Waals surface area contributed by atoms with Gasteiger partial charge in [0.2, 0.25) is 0 Å². The molecule has 7 heteroatoms. The predicted octanol–water partition coefficient (Wildman–Crippen LogP) is 2.37. The van der Waals surface area contributed by atoms with Crippen LogP contribution in [-0.2, 0) is 15.4 Å². The van der Waals surface area contributed by atoms with Crippen LogP contribution < -0.4 is 0 Å². The van der Waals surface area contributed by atoms with Crippen molar-refractivity contribution >= 4 is 33.1 Å². The summed E-state index contributed by atoms with van der Waals surface area (Å²) in [6.45, 7) is 1.85. The third kappa shape index (κ3) is 1.92. The van der Waals surface area contributed by atoms with E-state index in [0.717, 1.165) is 0 Å². The van der Waals surface area contributed by atoms with Crippen molar-refractivity contribution in [2.24, 2.45) is 0 Å². The molecule has 1 aliphatic heterocycles. The van der Waals surface area contributed by atoms with E-state index in [4.69, 9.17) is 12.2 Å². The van der Waals surface area contributed by atoms with Crippen molar-refractivity contribution < 1.29 is 12.8 Å². The number of nitrogens with one attached hydrogen (secondary N) is 1. The summed E-state index contributed by atoms with van der Waals surface area (Å²) in [6, 6.07) is 4.70. The van der Waals surface area contributed by atoms with Crippen LogP contribution >= 0.6 is 12.2 Å². The van der Waals surface area contributed by atoms with Gasteiger partial charge in [-0.25, -0.2) is 12.8 Å². The number of aromatic nitrogens is 2. The fourth-order valence-electron chi connectivity index (χ4n) is 2.80. The van der Waals surface area contributed by atoms with E-state index in [1.807, 2.05) is 6.92 Å². The van der Waals surface area contributed by atoms with Gasteiger partial charge in [-0.1, -0.05) is 6.07 Å². The van der Waals surface area contributed by atoms with Crippen LogP contribution in [0.25, 0.3) is 11.0 Å². The lowest BCUT2D eigenvalue weighted by molar-refractivity contribution is 0.372. The topological polar surface area (TPSA) is 54.9 Å². The largest absolute Gasteiger partial charge is 0.328 e. The molecule has 1 aliphatic rings. The number of hydrogen-bond acceptors (Lipinski definition) is 3. The Kier molecular flexibility index (Phi) is 2.62. The van der Waals surface area contributed by atoms with Gasteiger partial charge in [0, 0.05) is 0 Å². The van der Waals surface area contributed by atoms with Crippen molar-refractivity contribution in [1.82, 2.24) is 9.55 Å². The van der Waals surface area contributed by atoms with Gasteiger partial charge in [-0.2, -0.15) is 0 Å². The highest BCUT2D eigenvalue weighted by molar-refractivity contribution is 7.91. The van der Waals surface area contributed by atoms with Crippen molar-refractivity contribution in [3.8, 4) is 0 Å². The molecule has 1 N–H and O–H groups in total. The number of sulfone groups is 1. The second kappa shape index (κ2) is 3.89. The molecule has 102 valence electrons. The zero-order valence-electron chi connectivity index (χ0n) is 10.3. The molecule has 19 heavy (non-hydrogen) atoms. The van der Waals surface area contributed by atoms with Crippen molar-refractivity contribution in [3.05, 3.63) is 28.8 Å². The number of imidazole rings is 1. The fourth-order valence-corrected chi connectivity index (χ4v) is 5.34. The first-order valence-electron chi connectivity index (χ1n) is 5.93. The molecular weight excluding hydrogens is 287 g/mol. The van der Waals surface area contributed by atoms with Gasteiger partial charge >= 0.3 is 0 Å². The van der Waals surface area contributed by atoms with Crippen LogP contribution in [0.1, 0.15) is 13.3 Å². The van der Waals surface area contributed by atoms with Crippen LogP contribution in [-0.4, -0.2) is 29.5 Å². The number of hydrogen-bond donors (Lipinski definition) is 1. The van der Waals surface area contributed by atoms with Crippen LogP contribution in [0.15, 0.2) is 18.2 Å². The van der Waals surface area contributed by atoms with Gasteiger partial charge in [0.05, 0.1) is 22.6 Å². The van der Waals surface area contributed by atoms with E-state index in [1.54, 1.807) is 16.7 Å². The Balaban J connectivity index is 2.30. The zero-order valence-corrected chi connectivity index (χ0v) is 11.9. The third-order valence-corrected chi connectivity index (χ3v) is 5.86. The molecule has 1 atom stereocenters. The van der Waals surface area contributed by atoms with Gasteiger partial charge in [-0.05, 0) is 37.7 Å². The first-order valence-corrected chi connectivity index (χ1v) is 8.16. The van der Waals surface area contributed by atoms with E-state index in [9.17, 15) is 12.8 Å². The van der Waals surface area contributed by atoms with Gasteiger partial charge in [-0.3, -0.25) is 0 Å². The van der Waals surface area contributed by atoms with Gasteiger partial charge in [0.25, 0.3) is 0 Å². The third-order valence-electron chi connectivity index (χ3n) is 3.69. The molecule has 0 aliphatic carbocycles. The minimum Gasteiger partial charge on any atom is -0.328 e. The van der Waals surface area contributed by atoms with Gasteiger partial charge in [-0.15, -0.1) is 0 Å². The van der Waals surface area contributed by atoms with Crippen molar-refractivity contribution in [2.75, 3.05) is 11.5 Å². The van der Waals surface area contributed by atoms with Crippen LogP contribution in [0.3, 0.4) is 0 Å². The molecule has 0 bridgehead atoms. The highest BCUT2D eigenvalue weighted by Gasteiger charge is 2.41. The van der Waals surface area contributed by atoms with Crippen molar-refractivity contribution in [3.63, 3.8) is 0 Å². The summed E-state index contributed by atoms with van der Waals surface area (Å²) in [5.41, 5.74) is 0.338. The smallest absolute Gasteiger partial charge is 0.178 e. The summed E-state index contributed by atoms with van der Waals surface area (Å²) in [4.78, 5) is 2.83. The quantitative estimate of drug-likeness (QED) is 0.823. The van der Waals surface area contributed by atoms with Crippen LogP contribution in [0.5, 0.6) is 0 Å². The minimum absolute atomic E-state index is 0.0395. The number of fused-ring (bicyclic) bond motifs is 1. The Labute approximate surface area is 115 Å². The lowest BCUT2D eigenvalue weighted by Gasteiger charge is -2.25. The van der Waals surface area contributed by atoms with Crippen molar-refractivity contribution in [1.29, 1.82) is 0 Å². The van der Waals surface area contributed by atoms with E-state index in [0.29, 0.717) is 22.2 Å². The Morgan fingerprint density at radius 1 is 1.47 bits per heavy atom. The van der Waals surface area contributed by atoms with E-state index in [-0.39, 0.29) is 17.3 Å². The Bertz CT molecular complexity index is 822. The molecule has 1 aromatic carbocycles.